The first-order valence-electron chi connectivity index (χ1n) is 8.93. The third-order valence-corrected chi connectivity index (χ3v) is 4.18. The van der Waals surface area contributed by atoms with Crippen LogP contribution in [0.4, 0.5) is 0 Å². The standard InChI is InChI=1S/C21H27NO4/c1-5-25-21(23)16(3)26-19-12-11-17(13-20(19)24-4)14-22-15(2)18-9-7-6-8-10-18/h6-13,15-16,22H,5,14H2,1-4H3/p+1/t15-,16+/m0/s1. The van der Waals surface area contributed by atoms with Crippen LogP contribution in [-0.2, 0) is 16.1 Å². The largest absolute Gasteiger partial charge is 0.493 e. The van der Waals surface area contributed by atoms with E-state index in [0.29, 0.717) is 24.1 Å². The summed E-state index contributed by atoms with van der Waals surface area (Å²) in [6, 6.07) is 16.5. The highest BCUT2D eigenvalue weighted by Gasteiger charge is 2.18. The lowest BCUT2D eigenvalue weighted by molar-refractivity contribution is -0.707. The molecule has 26 heavy (non-hydrogen) atoms. The predicted octanol–water partition coefficient (Wildman–Crippen LogP) is 2.85. The van der Waals surface area contributed by atoms with Gasteiger partial charge >= 0.3 is 5.97 Å². The molecular weight excluding hydrogens is 330 g/mol. The van der Waals surface area contributed by atoms with Crippen LogP contribution >= 0.6 is 0 Å². The summed E-state index contributed by atoms with van der Waals surface area (Å²) in [7, 11) is 1.59. The number of methoxy groups -OCH3 is 1. The van der Waals surface area contributed by atoms with Crippen molar-refractivity contribution >= 4 is 5.97 Å². The number of esters is 1. The molecule has 2 aromatic rings. The number of carbonyl (C=O) groups is 1. The third kappa shape index (κ3) is 5.49. The minimum atomic E-state index is -0.681. The lowest BCUT2D eigenvalue weighted by atomic mass is 10.1. The summed E-state index contributed by atoms with van der Waals surface area (Å²) >= 11 is 0. The maximum absolute atomic E-state index is 11.7. The average Bonchev–Trinajstić information content (AvgIpc) is 2.67. The minimum absolute atomic E-state index is 0.331. The second-order valence-corrected chi connectivity index (χ2v) is 6.14. The number of nitrogens with two attached hydrogens (primary N) is 1. The summed E-state index contributed by atoms with van der Waals surface area (Å²) in [6.07, 6.45) is -0.681. The third-order valence-electron chi connectivity index (χ3n) is 4.18. The van der Waals surface area contributed by atoms with E-state index >= 15 is 0 Å². The van der Waals surface area contributed by atoms with E-state index < -0.39 is 6.10 Å². The molecule has 0 unspecified atom stereocenters. The fourth-order valence-electron chi connectivity index (χ4n) is 2.64. The summed E-state index contributed by atoms with van der Waals surface area (Å²) in [4.78, 5) is 11.7. The fourth-order valence-corrected chi connectivity index (χ4v) is 2.64. The highest BCUT2D eigenvalue weighted by Crippen LogP contribution is 2.29. The first-order chi connectivity index (χ1) is 12.5. The van der Waals surface area contributed by atoms with E-state index in [9.17, 15) is 4.79 Å². The molecular formula is C21H28NO4+. The van der Waals surface area contributed by atoms with Gasteiger partial charge in [-0.15, -0.1) is 0 Å². The summed E-state index contributed by atoms with van der Waals surface area (Å²) in [5, 5.41) is 2.27. The second kappa shape index (κ2) is 9.82. The summed E-state index contributed by atoms with van der Waals surface area (Å²) in [6.45, 7) is 6.77. The van der Waals surface area contributed by atoms with Crippen molar-refractivity contribution in [3.8, 4) is 11.5 Å². The van der Waals surface area contributed by atoms with Gasteiger partial charge in [-0.25, -0.2) is 4.79 Å². The SMILES string of the molecule is CCOC(=O)[C@@H](C)Oc1ccc(C[NH2+][C@@H](C)c2ccccc2)cc1OC. The topological polar surface area (TPSA) is 61.4 Å². The van der Waals surface area contributed by atoms with Crippen molar-refractivity contribution in [3.05, 3.63) is 59.7 Å². The van der Waals surface area contributed by atoms with Gasteiger partial charge < -0.3 is 19.5 Å². The van der Waals surface area contributed by atoms with Gasteiger partial charge in [0.15, 0.2) is 17.6 Å². The van der Waals surface area contributed by atoms with Crippen LogP contribution in [0.2, 0.25) is 0 Å². The monoisotopic (exact) mass is 358 g/mol. The van der Waals surface area contributed by atoms with Crippen LogP contribution in [0.1, 0.15) is 37.9 Å². The van der Waals surface area contributed by atoms with Gasteiger partial charge in [0.1, 0.15) is 12.6 Å². The molecule has 2 N–H and O–H groups in total. The fraction of sp³-hybridized carbons (Fsp3) is 0.381. The molecule has 0 aromatic heterocycles. The molecule has 2 atom stereocenters. The molecule has 0 spiro atoms. The Hall–Kier alpha value is -2.53. The Morgan fingerprint density at radius 1 is 1.08 bits per heavy atom. The van der Waals surface area contributed by atoms with E-state index in [0.717, 1.165) is 12.1 Å². The van der Waals surface area contributed by atoms with E-state index in [1.165, 1.54) is 5.56 Å². The van der Waals surface area contributed by atoms with E-state index in [1.807, 2.05) is 24.3 Å². The van der Waals surface area contributed by atoms with Crippen molar-refractivity contribution in [1.29, 1.82) is 0 Å². The van der Waals surface area contributed by atoms with Crippen molar-refractivity contribution in [3.63, 3.8) is 0 Å². The molecule has 0 saturated carbocycles. The Kier molecular flexibility index (Phi) is 7.48. The molecule has 2 rings (SSSR count). The number of ether oxygens (including phenoxy) is 3. The van der Waals surface area contributed by atoms with Crippen LogP contribution in [-0.4, -0.2) is 25.8 Å². The summed E-state index contributed by atoms with van der Waals surface area (Å²) < 4.78 is 16.1. The molecule has 0 amide bonds. The van der Waals surface area contributed by atoms with Gasteiger partial charge in [0.25, 0.3) is 0 Å². The molecule has 5 nitrogen and oxygen atoms in total. The zero-order valence-corrected chi connectivity index (χ0v) is 15.9. The summed E-state index contributed by atoms with van der Waals surface area (Å²) in [5.41, 5.74) is 2.42. The van der Waals surface area contributed by atoms with Gasteiger partial charge in [-0.1, -0.05) is 30.3 Å². The molecule has 0 aliphatic heterocycles. The van der Waals surface area contributed by atoms with Gasteiger partial charge in [-0.2, -0.15) is 0 Å². The molecule has 0 heterocycles. The Morgan fingerprint density at radius 2 is 1.81 bits per heavy atom. The Balaban J connectivity index is 2.00. The first kappa shape index (κ1) is 19.8. The van der Waals surface area contributed by atoms with E-state index in [1.54, 1.807) is 21.0 Å². The second-order valence-electron chi connectivity index (χ2n) is 6.14. The molecule has 2 aromatic carbocycles. The van der Waals surface area contributed by atoms with Gasteiger partial charge in [-0.3, -0.25) is 0 Å². The van der Waals surface area contributed by atoms with Crippen LogP contribution in [0.15, 0.2) is 48.5 Å². The minimum Gasteiger partial charge on any atom is -0.493 e. The van der Waals surface area contributed by atoms with Crippen LogP contribution in [0.5, 0.6) is 11.5 Å². The van der Waals surface area contributed by atoms with Crippen molar-refractivity contribution in [2.45, 2.75) is 39.5 Å². The normalized spacial score (nSPS) is 12.9. The number of hydrogen-bond acceptors (Lipinski definition) is 4. The number of carbonyl (C=O) groups excluding carboxylic acids is 1. The van der Waals surface area contributed by atoms with Crippen molar-refractivity contribution < 1.29 is 24.3 Å². The van der Waals surface area contributed by atoms with Crippen molar-refractivity contribution in [2.24, 2.45) is 0 Å². The maximum atomic E-state index is 11.7. The lowest BCUT2D eigenvalue weighted by Gasteiger charge is -2.17. The van der Waals surface area contributed by atoms with E-state index in [4.69, 9.17) is 14.2 Å². The number of quaternary nitrogens is 1. The van der Waals surface area contributed by atoms with E-state index in [-0.39, 0.29) is 5.97 Å². The van der Waals surface area contributed by atoms with Gasteiger partial charge in [0.05, 0.1) is 13.7 Å². The molecule has 140 valence electrons. The smallest absolute Gasteiger partial charge is 0.347 e. The summed E-state index contributed by atoms with van der Waals surface area (Å²) in [5.74, 6) is 0.760. The highest BCUT2D eigenvalue weighted by atomic mass is 16.6. The number of benzene rings is 2. The Labute approximate surface area is 155 Å². The van der Waals surface area contributed by atoms with Crippen LogP contribution in [0.25, 0.3) is 0 Å². The van der Waals surface area contributed by atoms with Gasteiger partial charge in [0.2, 0.25) is 0 Å². The molecule has 0 aliphatic rings. The van der Waals surface area contributed by atoms with Crippen molar-refractivity contribution in [2.75, 3.05) is 13.7 Å². The molecule has 0 aliphatic carbocycles. The molecule has 0 bridgehead atoms. The molecule has 5 heteroatoms. The van der Waals surface area contributed by atoms with Gasteiger partial charge in [-0.05, 0) is 39.0 Å². The van der Waals surface area contributed by atoms with Crippen LogP contribution in [0.3, 0.4) is 0 Å². The lowest BCUT2D eigenvalue weighted by Crippen LogP contribution is -2.83. The Bertz CT molecular complexity index is 702. The molecule has 0 fully saturated rings. The number of hydrogen-bond donors (Lipinski definition) is 1. The quantitative estimate of drug-likeness (QED) is 0.700. The van der Waals surface area contributed by atoms with Crippen LogP contribution < -0.4 is 14.8 Å². The zero-order valence-electron chi connectivity index (χ0n) is 15.9. The highest BCUT2D eigenvalue weighted by molar-refractivity contribution is 5.74. The molecule has 0 radical (unpaired) electrons. The van der Waals surface area contributed by atoms with Gasteiger partial charge in [0, 0.05) is 11.1 Å². The van der Waals surface area contributed by atoms with Crippen molar-refractivity contribution in [1.82, 2.24) is 0 Å². The average molecular weight is 358 g/mol. The van der Waals surface area contributed by atoms with Crippen LogP contribution in [0, 0.1) is 0 Å². The number of rotatable bonds is 9. The molecule has 0 saturated heterocycles. The Morgan fingerprint density at radius 3 is 2.46 bits per heavy atom. The zero-order chi connectivity index (χ0) is 18.9. The van der Waals surface area contributed by atoms with E-state index in [2.05, 4.69) is 36.5 Å². The first-order valence-corrected chi connectivity index (χ1v) is 8.93. The predicted molar refractivity (Wildman–Crippen MR) is 100 cm³/mol. The maximum Gasteiger partial charge on any atom is 0.347 e.